The molecule has 1 aromatic carbocycles. The van der Waals surface area contributed by atoms with Crippen molar-refractivity contribution < 1.29 is 4.79 Å². The van der Waals surface area contributed by atoms with Gasteiger partial charge in [0.05, 0.1) is 11.4 Å². The molecule has 2 unspecified atom stereocenters. The van der Waals surface area contributed by atoms with Gasteiger partial charge in [-0.3, -0.25) is 4.79 Å². The normalized spacial score (nSPS) is 25.8. The van der Waals surface area contributed by atoms with Crippen LogP contribution in [-0.2, 0) is 11.2 Å². The van der Waals surface area contributed by atoms with Crippen LogP contribution in [-0.4, -0.2) is 11.9 Å². The van der Waals surface area contributed by atoms with E-state index in [9.17, 15) is 4.79 Å². The van der Waals surface area contributed by atoms with Crippen molar-refractivity contribution in [1.82, 2.24) is 0 Å². The average Bonchev–Trinajstić information content (AvgIpc) is 2.42. The summed E-state index contributed by atoms with van der Waals surface area (Å²) in [4.78, 5) is 11.5. The highest BCUT2D eigenvalue weighted by atomic mass is 16.1. The van der Waals surface area contributed by atoms with E-state index in [1.807, 2.05) is 12.1 Å². The summed E-state index contributed by atoms with van der Waals surface area (Å²) in [5.74, 6) is 0.771. The topological polar surface area (TPSA) is 67.1 Å². The molecule has 1 aliphatic carbocycles. The summed E-state index contributed by atoms with van der Waals surface area (Å²) in [6.07, 6.45) is 6.42. The van der Waals surface area contributed by atoms with Crippen LogP contribution in [0.15, 0.2) is 12.1 Å². The molecule has 1 aromatic rings. The largest absolute Gasteiger partial charge is 0.397 e. The maximum Gasteiger partial charge on any atom is 0.224 e. The monoisotopic (exact) mass is 273 g/mol. The van der Waals surface area contributed by atoms with Gasteiger partial charge in [-0.05, 0) is 42.9 Å². The maximum absolute atomic E-state index is 11.5. The van der Waals surface area contributed by atoms with Crippen LogP contribution in [0.25, 0.3) is 0 Å². The third-order valence-electron chi connectivity index (χ3n) is 4.62. The Hall–Kier alpha value is -1.71. The predicted molar refractivity (Wildman–Crippen MR) is 82.8 cm³/mol. The third-order valence-corrected chi connectivity index (χ3v) is 4.62. The number of benzene rings is 1. The Balaban J connectivity index is 1.82. The lowest BCUT2D eigenvalue weighted by atomic mass is 9.85. The van der Waals surface area contributed by atoms with Gasteiger partial charge in [0.2, 0.25) is 5.91 Å². The lowest BCUT2D eigenvalue weighted by molar-refractivity contribution is -0.116. The zero-order valence-electron chi connectivity index (χ0n) is 12.0. The summed E-state index contributed by atoms with van der Waals surface area (Å²) in [5.41, 5.74) is 9.98. The fourth-order valence-electron chi connectivity index (χ4n) is 3.30. The molecular weight excluding hydrogens is 250 g/mol. The Bertz CT molecular complexity index is 527. The molecule has 2 atom stereocenters. The number of fused-ring (bicyclic) bond motifs is 1. The van der Waals surface area contributed by atoms with Crippen molar-refractivity contribution in [3.8, 4) is 0 Å². The van der Waals surface area contributed by atoms with Crippen molar-refractivity contribution in [2.45, 2.75) is 51.5 Å². The number of carbonyl (C=O) groups is 1. The summed E-state index contributed by atoms with van der Waals surface area (Å²) in [6, 6.07) is 4.50. The van der Waals surface area contributed by atoms with E-state index in [1.54, 1.807) is 0 Å². The number of amides is 1. The molecule has 4 nitrogen and oxygen atoms in total. The molecular formula is C16H23N3O. The Morgan fingerprint density at radius 2 is 2.05 bits per heavy atom. The number of nitrogen functional groups attached to an aromatic ring is 1. The van der Waals surface area contributed by atoms with Crippen molar-refractivity contribution in [2.75, 3.05) is 16.4 Å². The summed E-state index contributed by atoms with van der Waals surface area (Å²) >= 11 is 0. The first-order valence-corrected chi connectivity index (χ1v) is 7.62. The minimum atomic E-state index is 0.0965. The van der Waals surface area contributed by atoms with Gasteiger partial charge in [-0.1, -0.05) is 19.8 Å². The summed E-state index contributed by atoms with van der Waals surface area (Å²) < 4.78 is 0. The number of rotatable bonds is 2. The molecule has 1 fully saturated rings. The SMILES string of the molecule is CC1CCCCC1Nc1cc2c(cc1N)CCC(=O)N2. The van der Waals surface area contributed by atoms with E-state index < -0.39 is 0 Å². The number of hydrogen-bond acceptors (Lipinski definition) is 3. The molecule has 1 heterocycles. The summed E-state index contributed by atoms with van der Waals surface area (Å²) in [6.45, 7) is 2.30. The van der Waals surface area contributed by atoms with Gasteiger partial charge in [0.15, 0.2) is 0 Å². The Labute approximate surface area is 120 Å². The summed E-state index contributed by atoms with van der Waals surface area (Å²) in [5, 5.41) is 6.53. The molecule has 4 N–H and O–H groups in total. The Kier molecular flexibility index (Phi) is 3.55. The van der Waals surface area contributed by atoms with Crippen molar-refractivity contribution >= 4 is 23.0 Å². The number of aryl methyl sites for hydroxylation is 1. The number of anilines is 3. The van der Waals surface area contributed by atoms with Crippen LogP contribution in [0.4, 0.5) is 17.1 Å². The first-order valence-electron chi connectivity index (χ1n) is 7.62. The summed E-state index contributed by atoms with van der Waals surface area (Å²) in [7, 11) is 0. The minimum absolute atomic E-state index is 0.0965. The van der Waals surface area contributed by atoms with Crippen LogP contribution in [0.5, 0.6) is 0 Å². The van der Waals surface area contributed by atoms with Crippen LogP contribution in [0.3, 0.4) is 0 Å². The zero-order chi connectivity index (χ0) is 14.1. The van der Waals surface area contributed by atoms with Gasteiger partial charge in [-0.15, -0.1) is 0 Å². The molecule has 4 heteroatoms. The van der Waals surface area contributed by atoms with Crippen molar-refractivity contribution in [3.05, 3.63) is 17.7 Å². The first kappa shape index (κ1) is 13.3. The van der Waals surface area contributed by atoms with Gasteiger partial charge in [0, 0.05) is 18.2 Å². The number of carbonyl (C=O) groups excluding carboxylic acids is 1. The van der Waals surface area contributed by atoms with Crippen LogP contribution in [0.1, 0.15) is 44.6 Å². The fourth-order valence-corrected chi connectivity index (χ4v) is 3.30. The molecule has 0 saturated heterocycles. The highest BCUT2D eigenvalue weighted by Gasteiger charge is 2.23. The van der Waals surface area contributed by atoms with Crippen LogP contribution in [0, 0.1) is 5.92 Å². The van der Waals surface area contributed by atoms with E-state index in [4.69, 9.17) is 5.73 Å². The van der Waals surface area contributed by atoms with Gasteiger partial charge in [-0.25, -0.2) is 0 Å². The van der Waals surface area contributed by atoms with Crippen molar-refractivity contribution in [1.29, 1.82) is 0 Å². The van der Waals surface area contributed by atoms with Gasteiger partial charge in [0.1, 0.15) is 0 Å². The van der Waals surface area contributed by atoms with E-state index in [0.717, 1.165) is 29.0 Å². The average molecular weight is 273 g/mol. The van der Waals surface area contributed by atoms with Gasteiger partial charge in [0.25, 0.3) is 0 Å². The Morgan fingerprint density at radius 1 is 1.25 bits per heavy atom. The highest BCUT2D eigenvalue weighted by molar-refractivity contribution is 5.95. The molecule has 0 bridgehead atoms. The van der Waals surface area contributed by atoms with Crippen molar-refractivity contribution in [2.24, 2.45) is 5.92 Å². The molecule has 0 aromatic heterocycles. The molecule has 0 spiro atoms. The maximum atomic E-state index is 11.5. The smallest absolute Gasteiger partial charge is 0.224 e. The number of hydrogen-bond donors (Lipinski definition) is 3. The standard InChI is InChI=1S/C16H23N3O/c1-10-4-2-3-5-13(10)18-15-9-14-11(8-12(15)17)6-7-16(20)19-14/h8-10,13,18H,2-7,17H2,1H3,(H,19,20). The molecule has 20 heavy (non-hydrogen) atoms. The highest BCUT2D eigenvalue weighted by Crippen LogP contribution is 2.34. The van der Waals surface area contributed by atoms with E-state index in [1.165, 1.54) is 25.7 Å². The lowest BCUT2D eigenvalue weighted by Gasteiger charge is -2.31. The molecule has 3 rings (SSSR count). The molecule has 0 radical (unpaired) electrons. The van der Waals surface area contributed by atoms with Crippen molar-refractivity contribution in [3.63, 3.8) is 0 Å². The molecule has 1 aliphatic heterocycles. The van der Waals surface area contributed by atoms with Crippen LogP contribution >= 0.6 is 0 Å². The minimum Gasteiger partial charge on any atom is -0.397 e. The Morgan fingerprint density at radius 3 is 2.85 bits per heavy atom. The van der Waals surface area contributed by atoms with Crippen LogP contribution in [0.2, 0.25) is 0 Å². The van der Waals surface area contributed by atoms with E-state index in [-0.39, 0.29) is 5.91 Å². The van der Waals surface area contributed by atoms with E-state index in [2.05, 4.69) is 17.6 Å². The second-order valence-electron chi connectivity index (χ2n) is 6.16. The third kappa shape index (κ3) is 2.60. The predicted octanol–water partition coefficient (Wildman–Crippen LogP) is 3.14. The molecule has 108 valence electrons. The molecule has 1 saturated carbocycles. The number of nitrogens with one attached hydrogen (secondary N) is 2. The second-order valence-corrected chi connectivity index (χ2v) is 6.16. The van der Waals surface area contributed by atoms with Gasteiger partial charge < -0.3 is 16.4 Å². The van der Waals surface area contributed by atoms with E-state index >= 15 is 0 Å². The quantitative estimate of drug-likeness (QED) is 0.725. The molecule has 1 amide bonds. The number of nitrogens with two attached hydrogens (primary N) is 1. The zero-order valence-corrected chi connectivity index (χ0v) is 12.0. The van der Waals surface area contributed by atoms with Gasteiger partial charge >= 0.3 is 0 Å². The van der Waals surface area contributed by atoms with E-state index in [0.29, 0.717) is 18.4 Å². The lowest BCUT2D eigenvalue weighted by Crippen LogP contribution is -2.30. The second kappa shape index (κ2) is 5.35. The fraction of sp³-hybridized carbons (Fsp3) is 0.562. The van der Waals surface area contributed by atoms with Gasteiger partial charge in [-0.2, -0.15) is 0 Å². The molecule has 2 aliphatic rings. The van der Waals surface area contributed by atoms with Crippen LogP contribution < -0.4 is 16.4 Å². The first-order chi connectivity index (χ1) is 9.63.